The Morgan fingerprint density at radius 1 is 1.15 bits per heavy atom. The molecule has 4 heterocycles. The number of pyridine rings is 2. The van der Waals surface area contributed by atoms with E-state index < -0.39 is 0 Å². The van der Waals surface area contributed by atoms with Gasteiger partial charge in [-0.2, -0.15) is 0 Å². The van der Waals surface area contributed by atoms with E-state index in [4.69, 9.17) is 11.6 Å². The number of piperidine rings is 2. The number of anilines is 1. The van der Waals surface area contributed by atoms with Gasteiger partial charge in [-0.25, -0.2) is 4.98 Å². The standard InChI is InChI=1S/C20H23ClN4O/c21-17-5-2-10-23-19(17)24-11-3-7-20(14-24)8-6-18(26)25(15-20)13-16-4-1-9-22-12-16/h1-2,4-5,9-10,12H,3,6-8,11,13-15H2. The third-order valence-corrected chi connectivity index (χ3v) is 5.84. The van der Waals surface area contributed by atoms with E-state index in [1.807, 2.05) is 35.4 Å². The van der Waals surface area contributed by atoms with Gasteiger partial charge in [-0.15, -0.1) is 0 Å². The number of carbonyl (C=O) groups is 1. The number of aromatic nitrogens is 2. The highest BCUT2D eigenvalue weighted by molar-refractivity contribution is 6.32. The molecule has 0 saturated carbocycles. The summed E-state index contributed by atoms with van der Waals surface area (Å²) in [6, 6.07) is 7.71. The van der Waals surface area contributed by atoms with Crippen LogP contribution in [0.15, 0.2) is 42.9 Å². The van der Waals surface area contributed by atoms with E-state index >= 15 is 0 Å². The average Bonchev–Trinajstić information content (AvgIpc) is 2.66. The van der Waals surface area contributed by atoms with Gasteiger partial charge in [-0.1, -0.05) is 17.7 Å². The molecule has 2 saturated heterocycles. The van der Waals surface area contributed by atoms with Gasteiger partial charge >= 0.3 is 0 Å². The summed E-state index contributed by atoms with van der Waals surface area (Å²) in [5.41, 5.74) is 1.20. The first-order chi connectivity index (χ1) is 12.7. The summed E-state index contributed by atoms with van der Waals surface area (Å²) >= 11 is 6.37. The fourth-order valence-electron chi connectivity index (χ4n) is 4.29. The molecule has 2 aliphatic rings. The topological polar surface area (TPSA) is 49.3 Å². The summed E-state index contributed by atoms with van der Waals surface area (Å²) in [7, 11) is 0. The van der Waals surface area contributed by atoms with E-state index in [2.05, 4.69) is 14.9 Å². The van der Waals surface area contributed by atoms with Crippen LogP contribution in [0.2, 0.25) is 5.02 Å². The predicted octanol–water partition coefficient (Wildman–Crippen LogP) is 3.54. The average molecular weight is 371 g/mol. The molecule has 0 bridgehead atoms. The second kappa shape index (κ2) is 7.23. The summed E-state index contributed by atoms with van der Waals surface area (Å²) in [6.45, 7) is 3.30. The van der Waals surface area contributed by atoms with Crippen LogP contribution in [0.3, 0.4) is 0 Å². The first-order valence-corrected chi connectivity index (χ1v) is 9.55. The molecule has 2 fully saturated rings. The number of nitrogens with zero attached hydrogens (tertiary/aromatic N) is 4. The minimum atomic E-state index is 0.120. The highest BCUT2D eigenvalue weighted by Crippen LogP contribution is 2.41. The maximum Gasteiger partial charge on any atom is 0.222 e. The quantitative estimate of drug-likeness (QED) is 0.829. The van der Waals surface area contributed by atoms with E-state index in [1.54, 1.807) is 12.4 Å². The molecule has 1 amide bonds. The smallest absolute Gasteiger partial charge is 0.222 e. The van der Waals surface area contributed by atoms with Crippen molar-refractivity contribution in [3.8, 4) is 0 Å². The minimum absolute atomic E-state index is 0.120. The SMILES string of the molecule is O=C1CCC2(CCCN(c3ncccc3Cl)C2)CN1Cc1cccnc1. The van der Waals surface area contributed by atoms with E-state index in [1.165, 1.54) is 0 Å². The van der Waals surface area contributed by atoms with Crippen molar-refractivity contribution in [2.24, 2.45) is 5.41 Å². The number of halogens is 1. The largest absolute Gasteiger partial charge is 0.355 e. The van der Waals surface area contributed by atoms with Crippen LogP contribution in [-0.2, 0) is 11.3 Å². The van der Waals surface area contributed by atoms with Crippen molar-refractivity contribution in [1.82, 2.24) is 14.9 Å². The summed E-state index contributed by atoms with van der Waals surface area (Å²) in [6.07, 6.45) is 9.20. The van der Waals surface area contributed by atoms with Crippen molar-refractivity contribution in [2.45, 2.75) is 32.2 Å². The lowest BCUT2D eigenvalue weighted by molar-refractivity contribution is -0.138. The van der Waals surface area contributed by atoms with E-state index in [0.29, 0.717) is 18.0 Å². The molecule has 0 N–H and O–H groups in total. The fraction of sp³-hybridized carbons (Fsp3) is 0.450. The van der Waals surface area contributed by atoms with Crippen molar-refractivity contribution in [3.63, 3.8) is 0 Å². The highest BCUT2D eigenvalue weighted by atomic mass is 35.5. The fourth-order valence-corrected chi connectivity index (χ4v) is 4.53. The number of amides is 1. The molecule has 1 atom stereocenters. The van der Waals surface area contributed by atoms with Crippen LogP contribution in [0.1, 0.15) is 31.2 Å². The summed E-state index contributed by atoms with van der Waals surface area (Å²) in [4.78, 5) is 25.4. The second-order valence-corrected chi connectivity index (χ2v) is 7.85. The second-order valence-electron chi connectivity index (χ2n) is 7.45. The van der Waals surface area contributed by atoms with Crippen LogP contribution in [0, 0.1) is 5.41 Å². The van der Waals surface area contributed by atoms with Crippen LogP contribution < -0.4 is 4.90 Å². The van der Waals surface area contributed by atoms with Crippen LogP contribution in [0.25, 0.3) is 0 Å². The van der Waals surface area contributed by atoms with Gasteiger partial charge in [-0.05, 0) is 43.0 Å². The Balaban J connectivity index is 1.52. The molecular formula is C20H23ClN4O. The van der Waals surface area contributed by atoms with Gasteiger partial charge in [0.05, 0.1) is 5.02 Å². The molecule has 5 nitrogen and oxygen atoms in total. The lowest BCUT2D eigenvalue weighted by Gasteiger charge is -2.48. The Morgan fingerprint density at radius 3 is 2.85 bits per heavy atom. The van der Waals surface area contributed by atoms with Gasteiger partial charge in [0.1, 0.15) is 5.82 Å². The summed E-state index contributed by atoms with van der Waals surface area (Å²) in [5, 5.41) is 0.698. The molecule has 6 heteroatoms. The Morgan fingerprint density at radius 2 is 2.04 bits per heavy atom. The number of carbonyl (C=O) groups excluding carboxylic acids is 1. The minimum Gasteiger partial charge on any atom is -0.355 e. The zero-order valence-corrected chi connectivity index (χ0v) is 15.5. The van der Waals surface area contributed by atoms with Crippen LogP contribution in [0.5, 0.6) is 0 Å². The first-order valence-electron chi connectivity index (χ1n) is 9.17. The van der Waals surface area contributed by atoms with Gasteiger partial charge in [0.25, 0.3) is 0 Å². The number of rotatable bonds is 3. The van der Waals surface area contributed by atoms with Crippen molar-refractivity contribution in [1.29, 1.82) is 0 Å². The van der Waals surface area contributed by atoms with Crippen molar-refractivity contribution in [2.75, 3.05) is 24.5 Å². The molecule has 0 radical (unpaired) electrons. The third kappa shape index (κ3) is 3.54. The Bertz CT molecular complexity index is 784. The summed E-state index contributed by atoms with van der Waals surface area (Å²) in [5.74, 6) is 1.11. The zero-order valence-electron chi connectivity index (χ0n) is 14.8. The van der Waals surface area contributed by atoms with Gasteiger partial charge in [-0.3, -0.25) is 9.78 Å². The van der Waals surface area contributed by atoms with Crippen LogP contribution in [0.4, 0.5) is 5.82 Å². The first kappa shape index (κ1) is 17.3. The molecule has 4 rings (SSSR count). The van der Waals surface area contributed by atoms with Crippen molar-refractivity contribution in [3.05, 3.63) is 53.4 Å². The predicted molar refractivity (Wildman–Crippen MR) is 102 cm³/mol. The molecule has 2 aliphatic heterocycles. The molecule has 1 spiro atoms. The van der Waals surface area contributed by atoms with E-state index in [-0.39, 0.29) is 11.3 Å². The van der Waals surface area contributed by atoms with E-state index in [9.17, 15) is 4.79 Å². The maximum absolute atomic E-state index is 12.5. The van der Waals surface area contributed by atoms with Crippen molar-refractivity contribution < 1.29 is 4.79 Å². The molecule has 136 valence electrons. The summed E-state index contributed by atoms with van der Waals surface area (Å²) < 4.78 is 0. The number of hydrogen-bond acceptors (Lipinski definition) is 4. The number of hydrogen-bond donors (Lipinski definition) is 0. The zero-order chi connectivity index (χ0) is 18.0. The monoisotopic (exact) mass is 370 g/mol. The Hall–Kier alpha value is -2.14. The van der Waals surface area contributed by atoms with Crippen molar-refractivity contribution >= 4 is 23.3 Å². The van der Waals surface area contributed by atoms with E-state index in [0.717, 1.165) is 50.3 Å². The molecule has 0 aliphatic carbocycles. The molecule has 26 heavy (non-hydrogen) atoms. The third-order valence-electron chi connectivity index (χ3n) is 5.54. The highest BCUT2D eigenvalue weighted by Gasteiger charge is 2.42. The molecular weight excluding hydrogens is 348 g/mol. The van der Waals surface area contributed by atoms with Crippen LogP contribution in [-0.4, -0.2) is 40.4 Å². The van der Waals surface area contributed by atoms with Crippen LogP contribution >= 0.6 is 11.6 Å². The Labute approximate surface area is 159 Å². The molecule has 0 aromatic carbocycles. The molecule has 2 aromatic rings. The maximum atomic E-state index is 12.5. The van der Waals surface area contributed by atoms with Gasteiger partial charge in [0.15, 0.2) is 0 Å². The van der Waals surface area contributed by atoms with Gasteiger partial charge in [0, 0.05) is 56.6 Å². The normalized spacial score (nSPS) is 23.5. The molecule has 1 unspecified atom stereocenters. The van der Waals surface area contributed by atoms with Gasteiger partial charge < -0.3 is 9.80 Å². The Kier molecular flexibility index (Phi) is 4.81. The molecule has 2 aromatic heterocycles. The van der Waals surface area contributed by atoms with Gasteiger partial charge in [0.2, 0.25) is 5.91 Å². The lowest BCUT2D eigenvalue weighted by atomic mass is 9.73. The lowest BCUT2D eigenvalue weighted by Crippen LogP contribution is -2.54. The number of likely N-dealkylation sites (tertiary alicyclic amines) is 1.